The smallest absolute Gasteiger partial charge is 0.222 e. The second kappa shape index (κ2) is 4.61. The van der Waals surface area contributed by atoms with Gasteiger partial charge < -0.3 is 11.1 Å². The molecule has 1 amide bonds. The number of carbonyl (C=O) groups excluding carboxylic acids is 1. The first-order chi connectivity index (χ1) is 7.65. The lowest BCUT2D eigenvalue weighted by Crippen LogP contribution is -2.24. The summed E-state index contributed by atoms with van der Waals surface area (Å²) in [5.41, 5.74) is 6.09. The molecule has 1 fully saturated rings. The van der Waals surface area contributed by atoms with Crippen LogP contribution in [0.4, 0.5) is 0 Å². The van der Waals surface area contributed by atoms with E-state index in [1.165, 1.54) is 12.8 Å². The standard InChI is InChI=1S/C10H17N5O/c1-7(10(11)16)5-15-6-9(13-14-15)4-12-8-2-3-8/h6-8,12H,2-5H2,1H3,(H2,11,16). The molecule has 6 nitrogen and oxygen atoms in total. The molecule has 1 aliphatic rings. The third-order valence-electron chi connectivity index (χ3n) is 2.68. The molecule has 0 bridgehead atoms. The van der Waals surface area contributed by atoms with Crippen LogP contribution in [0.2, 0.25) is 0 Å². The first-order valence-corrected chi connectivity index (χ1v) is 5.57. The SMILES string of the molecule is CC(Cn1cc(CNC2CC2)nn1)C(N)=O. The number of hydrogen-bond donors (Lipinski definition) is 2. The number of nitrogens with zero attached hydrogens (tertiary/aromatic N) is 3. The molecule has 1 aromatic rings. The molecule has 2 rings (SSSR count). The molecule has 16 heavy (non-hydrogen) atoms. The van der Waals surface area contributed by atoms with Gasteiger partial charge in [-0.2, -0.15) is 0 Å². The van der Waals surface area contributed by atoms with Crippen molar-refractivity contribution in [2.75, 3.05) is 0 Å². The fraction of sp³-hybridized carbons (Fsp3) is 0.700. The van der Waals surface area contributed by atoms with Crippen LogP contribution in [0.3, 0.4) is 0 Å². The Morgan fingerprint density at radius 2 is 2.50 bits per heavy atom. The van der Waals surface area contributed by atoms with Gasteiger partial charge in [-0.15, -0.1) is 5.10 Å². The Morgan fingerprint density at radius 3 is 3.12 bits per heavy atom. The Labute approximate surface area is 94.2 Å². The maximum Gasteiger partial charge on any atom is 0.222 e. The van der Waals surface area contributed by atoms with E-state index in [-0.39, 0.29) is 11.8 Å². The van der Waals surface area contributed by atoms with Gasteiger partial charge in [0.15, 0.2) is 0 Å². The molecule has 88 valence electrons. The monoisotopic (exact) mass is 223 g/mol. The van der Waals surface area contributed by atoms with Gasteiger partial charge >= 0.3 is 0 Å². The van der Waals surface area contributed by atoms with Gasteiger partial charge in [0.1, 0.15) is 0 Å². The van der Waals surface area contributed by atoms with E-state index < -0.39 is 0 Å². The molecule has 1 atom stereocenters. The quantitative estimate of drug-likeness (QED) is 0.690. The van der Waals surface area contributed by atoms with E-state index in [9.17, 15) is 4.79 Å². The van der Waals surface area contributed by atoms with E-state index in [0.717, 1.165) is 12.2 Å². The van der Waals surface area contributed by atoms with Gasteiger partial charge in [-0.3, -0.25) is 9.48 Å². The van der Waals surface area contributed by atoms with Gasteiger partial charge in [-0.05, 0) is 12.8 Å². The fourth-order valence-electron chi connectivity index (χ4n) is 1.42. The summed E-state index contributed by atoms with van der Waals surface area (Å²) < 4.78 is 1.67. The second-order valence-corrected chi connectivity index (χ2v) is 4.39. The molecule has 1 aliphatic carbocycles. The zero-order chi connectivity index (χ0) is 11.5. The number of primary amides is 1. The molecule has 6 heteroatoms. The van der Waals surface area contributed by atoms with Crippen molar-refractivity contribution in [3.63, 3.8) is 0 Å². The van der Waals surface area contributed by atoms with Crippen LogP contribution in [0.1, 0.15) is 25.5 Å². The van der Waals surface area contributed by atoms with Gasteiger partial charge in [0, 0.05) is 18.8 Å². The second-order valence-electron chi connectivity index (χ2n) is 4.39. The summed E-state index contributed by atoms with van der Waals surface area (Å²) in [7, 11) is 0. The van der Waals surface area contributed by atoms with Crippen molar-refractivity contribution in [1.29, 1.82) is 0 Å². The van der Waals surface area contributed by atoms with Crippen LogP contribution in [0.5, 0.6) is 0 Å². The summed E-state index contributed by atoms with van der Waals surface area (Å²) in [5.74, 6) is -0.529. The van der Waals surface area contributed by atoms with Crippen molar-refractivity contribution >= 4 is 5.91 Å². The minimum atomic E-state index is -0.312. The zero-order valence-corrected chi connectivity index (χ0v) is 9.39. The largest absolute Gasteiger partial charge is 0.369 e. The third kappa shape index (κ3) is 3.03. The molecule has 0 spiro atoms. The van der Waals surface area contributed by atoms with Crippen LogP contribution in [-0.2, 0) is 17.9 Å². The highest BCUT2D eigenvalue weighted by molar-refractivity contribution is 5.76. The zero-order valence-electron chi connectivity index (χ0n) is 9.39. The normalized spacial score (nSPS) is 17.3. The van der Waals surface area contributed by atoms with Crippen molar-refractivity contribution in [3.05, 3.63) is 11.9 Å². The molecule has 0 saturated heterocycles. The van der Waals surface area contributed by atoms with E-state index >= 15 is 0 Å². The van der Waals surface area contributed by atoms with Gasteiger partial charge in [-0.25, -0.2) is 0 Å². The molecule has 1 heterocycles. The van der Waals surface area contributed by atoms with Gasteiger partial charge in [0.2, 0.25) is 5.91 Å². The van der Waals surface area contributed by atoms with Crippen molar-refractivity contribution < 1.29 is 4.79 Å². The third-order valence-corrected chi connectivity index (χ3v) is 2.68. The van der Waals surface area contributed by atoms with Crippen molar-refractivity contribution in [2.45, 2.75) is 38.9 Å². The molecule has 0 radical (unpaired) electrons. The highest BCUT2D eigenvalue weighted by Gasteiger charge is 2.20. The average Bonchev–Trinajstić information content (AvgIpc) is 2.97. The molecule has 0 aromatic carbocycles. The Bertz CT molecular complexity index is 371. The Morgan fingerprint density at radius 1 is 1.75 bits per heavy atom. The molecule has 0 aliphatic heterocycles. The van der Waals surface area contributed by atoms with Crippen LogP contribution < -0.4 is 11.1 Å². The number of nitrogens with one attached hydrogen (secondary N) is 1. The average molecular weight is 223 g/mol. The van der Waals surface area contributed by atoms with E-state index in [0.29, 0.717) is 12.6 Å². The first kappa shape index (κ1) is 11.1. The molecule has 3 N–H and O–H groups in total. The predicted molar refractivity (Wildman–Crippen MR) is 58.2 cm³/mol. The number of amides is 1. The summed E-state index contributed by atoms with van der Waals surface area (Å²) in [6.07, 6.45) is 4.37. The highest BCUT2D eigenvalue weighted by Crippen LogP contribution is 2.18. The Kier molecular flexibility index (Phi) is 3.19. The topological polar surface area (TPSA) is 85.8 Å². The summed E-state index contributed by atoms with van der Waals surface area (Å²) in [5, 5.41) is 11.3. The summed E-state index contributed by atoms with van der Waals surface area (Å²) in [4.78, 5) is 10.9. The van der Waals surface area contributed by atoms with E-state index in [1.807, 2.05) is 6.20 Å². The lowest BCUT2D eigenvalue weighted by Gasteiger charge is -2.05. The van der Waals surface area contributed by atoms with E-state index in [1.54, 1.807) is 11.6 Å². The van der Waals surface area contributed by atoms with Gasteiger partial charge in [-0.1, -0.05) is 12.1 Å². The first-order valence-electron chi connectivity index (χ1n) is 5.57. The van der Waals surface area contributed by atoms with Crippen LogP contribution in [-0.4, -0.2) is 26.9 Å². The lowest BCUT2D eigenvalue weighted by atomic mass is 10.2. The maximum atomic E-state index is 10.9. The highest BCUT2D eigenvalue weighted by atomic mass is 16.1. The number of nitrogens with two attached hydrogens (primary N) is 1. The molecule has 1 aromatic heterocycles. The molecular formula is C10H17N5O. The number of rotatable bonds is 6. The van der Waals surface area contributed by atoms with Gasteiger partial charge in [0.25, 0.3) is 0 Å². The van der Waals surface area contributed by atoms with Crippen LogP contribution in [0, 0.1) is 5.92 Å². The van der Waals surface area contributed by atoms with Crippen LogP contribution in [0.25, 0.3) is 0 Å². The van der Waals surface area contributed by atoms with Crippen LogP contribution >= 0.6 is 0 Å². The van der Waals surface area contributed by atoms with E-state index in [2.05, 4.69) is 15.6 Å². The summed E-state index contributed by atoms with van der Waals surface area (Å²) in [6.45, 7) is 3.02. The number of carbonyl (C=O) groups is 1. The van der Waals surface area contributed by atoms with Gasteiger partial charge in [0.05, 0.1) is 18.2 Å². The van der Waals surface area contributed by atoms with Crippen molar-refractivity contribution in [1.82, 2.24) is 20.3 Å². The molecule has 1 unspecified atom stereocenters. The fourth-order valence-corrected chi connectivity index (χ4v) is 1.42. The molecular weight excluding hydrogens is 206 g/mol. The number of aromatic nitrogens is 3. The minimum absolute atomic E-state index is 0.217. The van der Waals surface area contributed by atoms with Crippen molar-refractivity contribution in [2.24, 2.45) is 11.7 Å². The minimum Gasteiger partial charge on any atom is -0.369 e. The lowest BCUT2D eigenvalue weighted by molar-refractivity contribution is -0.121. The maximum absolute atomic E-state index is 10.9. The predicted octanol–water partition coefficient (Wildman–Crippen LogP) is -0.348. The number of hydrogen-bond acceptors (Lipinski definition) is 4. The van der Waals surface area contributed by atoms with Crippen LogP contribution in [0.15, 0.2) is 6.20 Å². The van der Waals surface area contributed by atoms with Crippen molar-refractivity contribution in [3.8, 4) is 0 Å². The Hall–Kier alpha value is -1.43. The Balaban J connectivity index is 1.83. The summed E-state index contributed by atoms with van der Waals surface area (Å²) in [6, 6.07) is 0.662. The summed E-state index contributed by atoms with van der Waals surface area (Å²) >= 11 is 0. The molecule has 1 saturated carbocycles. The van der Waals surface area contributed by atoms with E-state index in [4.69, 9.17) is 5.73 Å².